The van der Waals surface area contributed by atoms with Gasteiger partial charge in [-0.15, -0.1) is 0 Å². The summed E-state index contributed by atoms with van der Waals surface area (Å²) in [7, 11) is 0. The van der Waals surface area contributed by atoms with E-state index in [4.69, 9.17) is 5.11 Å². The van der Waals surface area contributed by atoms with E-state index in [9.17, 15) is 9.90 Å². The van der Waals surface area contributed by atoms with Gasteiger partial charge in [-0.2, -0.15) is 0 Å². The first-order valence-electron chi connectivity index (χ1n) is 3.77. The molecule has 0 aliphatic rings. The van der Waals surface area contributed by atoms with Gasteiger partial charge in [-0.05, 0) is 6.92 Å². The summed E-state index contributed by atoms with van der Waals surface area (Å²) < 4.78 is 0. The Kier molecular flexibility index (Phi) is 5.38. The zero-order valence-corrected chi connectivity index (χ0v) is 7.77. The lowest BCUT2D eigenvalue weighted by Gasteiger charge is -2.04. The van der Waals surface area contributed by atoms with Crippen LogP contribution >= 0.6 is 0 Å². The summed E-state index contributed by atoms with van der Waals surface area (Å²) in [4.78, 5) is 14.2. The smallest absolute Gasteiger partial charge is 0.154 e. The summed E-state index contributed by atoms with van der Waals surface area (Å²) in [5.41, 5.74) is 0.840. The highest BCUT2D eigenvalue weighted by Crippen LogP contribution is 2.21. The van der Waals surface area contributed by atoms with Gasteiger partial charge in [0.25, 0.3) is 0 Å². The first kappa shape index (κ1) is 12.5. The molecular formula is C8H13N3O3. The minimum absolute atomic E-state index is 0.116. The van der Waals surface area contributed by atoms with E-state index in [1.807, 2.05) is 0 Å². The average Bonchev–Trinajstić information content (AvgIpc) is 2.24. The molecule has 0 saturated heterocycles. The molecule has 0 spiro atoms. The van der Waals surface area contributed by atoms with Crippen molar-refractivity contribution in [2.75, 3.05) is 0 Å². The van der Waals surface area contributed by atoms with Gasteiger partial charge in [0.05, 0.1) is 17.9 Å². The van der Waals surface area contributed by atoms with Crippen LogP contribution in [0.25, 0.3) is 0 Å². The molecule has 0 amide bonds. The molecule has 1 rings (SSSR count). The highest BCUT2D eigenvalue weighted by Gasteiger charge is 2.09. The molecule has 0 bridgehead atoms. The van der Waals surface area contributed by atoms with E-state index in [0.717, 1.165) is 0 Å². The molecule has 0 unspecified atom stereocenters. The van der Waals surface area contributed by atoms with Gasteiger partial charge in [-0.25, -0.2) is 0 Å². The zero-order valence-electron chi connectivity index (χ0n) is 7.77. The highest BCUT2D eigenvalue weighted by molar-refractivity contribution is 5.81. The normalized spacial score (nSPS) is 8.86. The lowest BCUT2D eigenvalue weighted by molar-refractivity contribution is 0.111. The lowest BCUT2D eigenvalue weighted by Crippen LogP contribution is -2.02. The predicted molar refractivity (Wildman–Crippen MR) is 50.3 cm³/mol. The minimum Gasteiger partial charge on any atom is -0.505 e. The van der Waals surface area contributed by atoms with Gasteiger partial charge in [-0.3, -0.25) is 21.5 Å². The fourth-order valence-corrected chi connectivity index (χ4v) is 0.910. The number of aryl methyl sites for hydroxylation is 1. The average molecular weight is 199 g/mol. The number of aldehydes is 1. The van der Waals surface area contributed by atoms with Gasteiger partial charge in [0.15, 0.2) is 6.29 Å². The number of nitrogens with zero attached hydrogens (tertiary/aromatic N) is 1. The fraction of sp³-hybridized carbons (Fsp3) is 0.250. The first-order valence-corrected chi connectivity index (χ1v) is 3.77. The maximum absolute atomic E-state index is 10.5. The van der Waals surface area contributed by atoms with E-state index in [0.29, 0.717) is 17.5 Å². The van der Waals surface area contributed by atoms with E-state index in [2.05, 4.69) is 16.7 Å². The summed E-state index contributed by atoms with van der Waals surface area (Å²) >= 11 is 0. The van der Waals surface area contributed by atoms with Crippen LogP contribution in [0, 0.1) is 6.92 Å². The fourth-order valence-electron chi connectivity index (χ4n) is 0.910. The van der Waals surface area contributed by atoms with Crippen molar-refractivity contribution in [1.29, 1.82) is 0 Å². The molecule has 78 valence electrons. The van der Waals surface area contributed by atoms with Crippen LogP contribution in [-0.4, -0.2) is 21.5 Å². The molecule has 6 heteroatoms. The second kappa shape index (κ2) is 6.03. The molecule has 6 N–H and O–H groups in total. The SMILES string of the molecule is Cc1ncc(CO)c(C=O)c1O.NN. The summed E-state index contributed by atoms with van der Waals surface area (Å²) in [5, 5.41) is 18.1. The molecule has 0 radical (unpaired) electrons. The Hall–Kier alpha value is -1.50. The van der Waals surface area contributed by atoms with E-state index >= 15 is 0 Å². The topological polar surface area (TPSA) is 122 Å². The number of aromatic hydroxyl groups is 1. The molecule has 1 aromatic heterocycles. The molecule has 6 nitrogen and oxygen atoms in total. The second-order valence-electron chi connectivity index (χ2n) is 2.41. The van der Waals surface area contributed by atoms with Crippen LogP contribution in [0.3, 0.4) is 0 Å². The zero-order chi connectivity index (χ0) is 11.1. The molecule has 0 aliphatic carbocycles. The van der Waals surface area contributed by atoms with Crippen LogP contribution < -0.4 is 11.7 Å². The Morgan fingerprint density at radius 2 is 2.14 bits per heavy atom. The third-order valence-corrected chi connectivity index (χ3v) is 1.65. The third-order valence-electron chi connectivity index (χ3n) is 1.65. The number of hydrogen-bond acceptors (Lipinski definition) is 6. The molecule has 0 aliphatic heterocycles. The molecule has 14 heavy (non-hydrogen) atoms. The summed E-state index contributed by atoms with van der Waals surface area (Å²) in [6, 6.07) is 0. The summed E-state index contributed by atoms with van der Waals surface area (Å²) in [6.07, 6.45) is 1.88. The number of carbonyl (C=O) groups is 1. The Morgan fingerprint density at radius 3 is 2.57 bits per heavy atom. The Bertz CT molecular complexity index is 315. The number of carbonyl (C=O) groups excluding carboxylic acids is 1. The van der Waals surface area contributed by atoms with Crippen molar-refractivity contribution in [2.24, 2.45) is 11.7 Å². The van der Waals surface area contributed by atoms with E-state index in [1.54, 1.807) is 6.92 Å². The maximum atomic E-state index is 10.5. The quantitative estimate of drug-likeness (QED) is 0.281. The first-order chi connectivity index (χ1) is 6.70. The van der Waals surface area contributed by atoms with Crippen molar-refractivity contribution in [3.8, 4) is 5.75 Å². The van der Waals surface area contributed by atoms with Crippen molar-refractivity contribution in [3.63, 3.8) is 0 Å². The van der Waals surface area contributed by atoms with Crippen molar-refractivity contribution < 1.29 is 15.0 Å². The van der Waals surface area contributed by atoms with E-state index < -0.39 is 0 Å². The summed E-state index contributed by atoms with van der Waals surface area (Å²) in [5.74, 6) is 7.84. The number of aromatic nitrogens is 1. The van der Waals surface area contributed by atoms with Crippen molar-refractivity contribution >= 4 is 6.29 Å². The van der Waals surface area contributed by atoms with Gasteiger partial charge in [-0.1, -0.05) is 0 Å². The predicted octanol–water partition coefficient (Wildman–Crippen LogP) is -0.781. The van der Waals surface area contributed by atoms with Crippen molar-refractivity contribution in [2.45, 2.75) is 13.5 Å². The van der Waals surface area contributed by atoms with Gasteiger partial charge in [0.2, 0.25) is 0 Å². The number of hydrazine groups is 1. The van der Waals surface area contributed by atoms with Crippen LogP contribution in [0.2, 0.25) is 0 Å². The maximum Gasteiger partial charge on any atom is 0.154 e. The van der Waals surface area contributed by atoms with Crippen LogP contribution in [-0.2, 0) is 6.61 Å². The number of pyridine rings is 1. The minimum atomic E-state index is -0.297. The molecule has 0 saturated carbocycles. The molecule has 1 heterocycles. The van der Waals surface area contributed by atoms with Crippen molar-refractivity contribution in [1.82, 2.24) is 4.98 Å². The number of hydrogen-bond donors (Lipinski definition) is 4. The number of aliphatic hydroxyl groups excluding tert-OH is 1. The molecule has 1 aromatic rings. The standard InChI is InChI=1S/C8H9NO3.H4N2/c1-5-8(12)7(4-11)6(3-10)2-9-5;1-2/h2,4,10,12H,3H2,1H3;1-2H2. The van der Waals surface area contributed by atoms with E-state index in [-0.39, 0.29) is 17.9 Å². The Morgan fingerprint density at radius 1 is 1.57 bits per heavy atom. The molecule has 0 fully saturated rings. The number of nitrogens with two attached hydrogens (primary N) is 2. The second-order valence-corrected chi connectivity index (χ2v) is 2.41. The Labute approximate surface area is 81.2 Å². The molecule has 0 aromatic carbocycles. The lowest BCUT2D eigenvalue weighted by atomic mass is 10.1. The van der Waals surface area contributed by atoms with Gasteiger partial charge in [0.1, 0.15) is 5.75 Å². The van der Waals surface area contributed by atoms with Gasteiger partial charge in [0, 0.05) is 11.8 Å². The number of aliphatic hydroxyl groups is 1. The monoisotopic (exact) mass is 199 g/mol. The van der Waals surface area contributed by atoms with Crippen LogP contribution in [0.15, 0.2) is 6.20 Å². The van der Waals surface area contributed by atoms with Crippen LogP contribution in [0.4, 0.5) is 0 Å². The van der Waals surface area contributed by atoms with Gasteiger partial charge < -0.3 is 10.2 Å². The molecular weight excluding hydrogens is 186 g/mol. The van der Waals surface area contributed by atoms with Crippen LogP contribution in [0.5, 0.6) is 5.75 Å². The molecule has 0 atom stereocenters. The highest BCUT2D eigenvalue weighted by atomic mass is 16.3. The summed E-state index contributed by atoms with van der Waals surface area (Å²) in [6.45, 7) is 1.29. The number of rotatable bonds is 2. The largest absolute Gasteiger partial charge is 0.505 e. The van der Waals surface area contributed by atoms with Crippen molar-refractivity contribution in [3.05, 3.63) is 23.0 Å². The third kappa shape index (κ3) is 2.49. The van der Waals surface area contributed by atoms with Crippen LogP contribution in [0.1, 0.15) is 21.6 Å². The Balaban J connectivity index is 0.000000791. The van der Waals surface area contributed by atoms with Gasteiger partial charge >= 0.3 is 0 Å². The van der Waals surface area contributed by atoms with E-state index in [1.165, 1.54) is 6.20 Å².